The van der Waals surface area contributed by atoms with Gasteiger partial charge in [-0.2, -0.15) is 0 Å². The third-order valence-corrected chi connectivity index (χ3v) is 3.71. The summed E-state index contributed by atoms with van der Waals surface area (Å²) in [6, 6.07) is 0. The van der Waals surface area contributed by atoms with Crippen LogP contribution < -0.4 is 4.89 Å². The molecule has 1 heterocycles. The first-order chi connectivity index (χ1) is 5.61. The van der Waals surface area contributed by atoms with E-state index in [0.29, 0.717) is 0 Å². The first-order valence-corrected chi connectivity index (χ1v) is 5.55. The van der Waals surface area contributed by atoms with E-state index in [2.05, 4.69) is 0 Å². The second kappa shape index (κ2) is 3.96. The van der Waals surface area contributed by atoms with Crippen molar-refractivity contribution in [1.29, 1.82) is 0 Å². The number of hydrogen-bond donors (Lipinski definition) is 2. The summed E-state index contributed by atoms with van der Waals surface area (Å²) < 4.78 is 9.74. The largest absolute Gasteiger partial charge is 0.631 e. The van der Waals surface area contributed by atoms with Crippen LogP contribution in [0.25, 0.3) is 0 Å². The molecule has 0 radical (unpaired) electrons. The standard InChI is InChI=1S/C6H13O5P/c1-2-10-12(9)4-5(8)6(3-7)11-12/h5-8H,2-4H2,1H3/t5-,6-,12?/m0/s1. The molecule has 0 saturated carbocycles. The van der Waals surface area contributed by atoms with Crippen LogP contribution in [0.5, 0.6) is 0 Å². The van der Waals surface area contributed by atoms with E-state index in [1.54, 1.807) is 6.92 Å². The fraction of sp³-hybridized carbons (Fsp3) is 1.00. The zero-order chi connectivity index (χ0) is 9.19. The summed E-state index contributed by atoms with van der Waals surface area (Å²) in [5.74, 6) is 0. The van der Waals surface area contributed by atoms with Crippen molar-refractivity contribution in [2.75, 3.05) is 19.4 Å². The molecule has 0 aromatic rings. The molecular formula is C6H13O5P. The fourth-order valence-corrected chi connectivity index (χ4v) is 3.06. The number of aliphatic hydroxyl groups excluding tert-OH is 2. The molecule has 0 aromatic carbocycles. The number of aliphatic hydroxyl groups is 2. The van der Waals surface area contributed by atoms with Crippen LogP contribution in [0.4, 0.5) is 0 Å². The highest BCUT2D eigenvalue weighted by atomic mass is 31.2. The number of rotatable bonds is 3. The van der Waals surface area contributed by atoms with Crippen LogP contribution >= 0.6 is 7.94 Å². The van der Waals surface area contributed by atoms with E-state index < -0.39 is 20.2 Å². The summed E-state index contributed by atoms with van der Waals surface area (Å²) in [5.41, 5.74) is 0. The van der Waals surface area contributed by atoms with Gasteiger partial charge in [-0.15, -0.1) is 0 Å². The van der Waals surface area contributed by atoms with Crippen LogP contribution in [-0.2, 0) is 9.05 Å². The molecule has 0 spiro atoms. The average molecular weight is 196 g/mol. The normalized spacial score (nSPS) is 42.0. The summed E-state index contributed by atoms with van der Waals surface area (Å²) in [6.07, 6.45) is -1.67. The Labute approximate surface area is 71.5 Å². The van der Waals surface area contributed by atoms with Crippen molar-refractivity contribution in [2.45, 2.75) is 19.1 Å². The quantitative estimate of drug-likeness (QED) is 0.560. The molecule has 2 N–H and O–H groups in total. The van der Waals surface area contributed by atoms with Gasteiger partial charge in [-0.3, -0.25) is 0 Å². The lowest BCUT2D eigenvalue weighted by Gasteiger charge is -2.20. The van der Waals surface area contributed by atoms with Crippen molar-refractivity contribution in [2.24, 2.45) is 0 Å². The average Bonchev–Trinajstić information content (AvgIpc) is 2.27. The highest BCUT2D eigenvalue weighted by Gasteiger charge is 2.47. The Kier molecular flexibility index (Phi) is 3.40. The Hall–Kier alpha value is 0.230. The highest BCUT2D eigenvalue weighted by Crippen LogP contribution is 2.58. The van der Waals surface area contributed by atoms with Crippen molar-refractivity contribution in [3.8, 4) is 0 Å². The molecule has 5 nitrogen and oxygen atoms in total. The van der Waals surface area contributed by atoms with Crippen LogP contribution in [0, 0.1) is 0 Å². The molecular weight excluding hydrogens is 183 g/mol. The van der Waals surface area contributed by atoms with E-state index in [-0.39, 0.29) is 19.4 Å². The second-order valence-corrected chi connectivity index (χ2v) is 4.66. The molecule has 1 rings (SSSR count). The third kappa shape index (κ3) is 2.13. The minimum Gasteiger partial charge on any atom is -0.631 e. The van der Waals surface area contributed by atoms with E-state index >= 15 is 0 Å². The van der Waals surface area contributed by atoms with Crippen molar-refractivity contribution in [3.05, 3.63) is 0 Å². The van der Waals surface area contributed by atoms with Crippen LogP contribution in [0.3, 0.4) is 0 Å². The summed E-state index contributed by atoms with van der Waals surface area (Å²) >= 11 is 0. The zero-order valence-electron chi connectivity index (χ0n) is 6.84. The van der Waals surface area contributed by atoms with Crippen LogP contribution in [0.2, 0.25) is 0 Å². The molecule has 1 unspecified atom stereocenters. The Morgan fingerprint density at radius 1 is 1.75 bits per heavy atom. The minimum absolute atomic E-state index is 0.0218. The van der Waals surface area contributed by atoms with E-state index in [9.17, 15) is 10.00 Å². The first kappa shape index (κ1) is 10.3. The molecule has 0 amide bonds. The summed E-state index contributed by atoms with van der Waals surface area (Å²) in [6.45, 7) is 1.64. The van der Waals surface area contributed by atoms with Gasteiger partial charge < -0.3 is 15.1 Å². The maximum Gasteiger partial charge on any atom is 0.241 e. The first-order valence-electron chi connectivity index (χ1n) is 3.82. The van der Waals surface area contributed by atoms with Gasteiger partial charge in [0, 0.05) is 0 Å². The summed E-state index contributed by atoms with van der Waals surface area (Å²) in [7, 11) is -3.11. The molecule has 12 heavy (non-hydrogen) atoms. The Bertz CT molecular complexity index is 155. The van der Waals surface area contributed by atoms with Crippen LogP contribution in [0.1, 0.15) is 6.92 Å². The molecule has 1 aliphatic rings. The topological polar surface area (TPSA) is 82.0 Å². The monoisotopic (exact) mass is 196 g/mol. The highest BCUT2D eigenvalue weighted by molar-refractivity contribution is 7.59. The molecule has 1 aliphatic heterocycles. The molecule has 0 aliphatic carbocycles. The molecule has 6 heteroatoms. The fourth-order valence-electron chi connectivity index (χ4n) is 1.10. The third-order valence-electron chi connectivity index (χ3n) is 1.64. The van der Waals surface area contributed by atoms with Crippen LogP contribution in [0.15, 0.2) is 0 Å². The van der Waals surface area contributed by atoms with Gasteiger partial charge in [0.2, 0.25) is 7.94 Å². The second-order valence-electron chi connectivity index (χ2n) is 2.61. The zero-order valence-corrected chi connectivity index (χ0v) is 7.74. The van der Waals surface area contributed by atoms with Crippen molar-refractivity contribution >= 4 is 7.94 Å². The minimum atomic E-state index is -3.11. The van der Waals surface area contributed by atoms with Crippen LogP contribution in [-0.4, -0.2) is 41.8 Å². The SMILES string of the molecule is CCO[P+]1([O-])C[C@H](O)[C@H](CO)O1. The van der Waals surface area contributed by atoms with Gasteiger partial charge in [0.25, 0.3) is 0 Å². The van der Waals surface area contributed by atoms with Gasteiger partial charge in [-0.25, -0.2) is 9.05 Å². The molecule has 72 valence electrons. The maximum atomic E-state index is 11.5. The Morgan fingerprint density at radius 3 is 2.83 bits per heavy atom. The van der Waals surface area contributed by atoms with Gasteiger partial charge in [0.05, 0.1) is 13.2 Å². The molecule has 1 saturated heterocycles. The van der Waals surface area contributed by atoms with Gasteiger partial charge in [0.15, 0.2) is 6.10 Å². The molecule has 0 aromatic heterocycles. The van der Waals surface area contributed by atoms with E-state index in [1.807, 2.05) is 0 Å². The lowest BCUT2D eigenvalue weighted by Crippen LogP contribution is -2.26. The van der Waals surface area contributed by atoms with Crippen molar-refractivity contribution in [1.82, 2.24) is 0 Å². The summed E-state index contributed by atoms with van der Waals surface area (Å²) in [5, 5.41) is 17.9. The van der Waals surface area contributed by atoms with Crippen molar-refractivity contribution < 1.29 is 24.2 Å². The van der Waals surface area contributed by atoms with Gasteiger partial charge >= 0.3 is 0 Å². The molecule has 3 atom stereocenters. The van der Waals surface area contributed by atoms with Crippen molar-refractivity contribution in [3.63, 3.8) is 0 Å². The smallest absolute Gasteiger partial charge is 0.241 e. The lowest BCUT2D eigenvalue weighted by atomic mass is 10.2. The predicted octanol–water partition coefficient (Wildman–Crippen LogP) is -1.10. The van der Waals surface area contributed by atoms with Gasteiger partial charge in [-0.05, 0) is 6.92 Å². The molecule has 0 bridgehead atoms. The van der Waals surface area contributed by atoms with E-state index in [1.165, 1.54) is 0 Å². The molecule has 1 fully saturated rings. The lowest BCUT2D eigenvalue weighted by molar-refractivity contribution is -0.217. The van der Waals surface area contributed by atoms with Gasteiger partial charge in [0.1, 0.15) is 12.3 Å². The predicted molar refractivity (Wildman–Crippen MR) is 41.4 cm³/mol. The van der Waals surface area contributed by atoms with Gasteiger partial charge in [-0.1, -0.05) is 0 Å². The Morgan fingerprint density at radius 2 is 2.42 bits per heavy atom. The van der Waals surface area contributed by atoms with E-state index in [4.69, 9.17) is 14.2 Å². The Balaban J connectivity index is 2.51. The maximum absolute atomic E-state index is 11.5. The van der Waals surface area contributed by atoms with E-state index in [0.717, 1.165) is 0 Å². The number of hydrogen-bond acceptors (Lipinski definition) is 5. The summed E-state index contributed by atoms with van der Waals surface area (Å²) in [4.78, 5) is 11.5.